The molecule has 0 bridgehead atoms. The van der Waals surface area contributed by atoms with Gasteiger partial charge in [-0.25, -0.2) is 0 Å². The Morgan fingerprint density at radius 3 is 2.53 bits per heavy atom. The fourth-order valence-corrected chi connectivity index (χ4v) is 1.85. The smallest absolute Gasteiger partial charge is 0.411 e. The second kappa shape index (κ2) is 4.32. The fraction of sp³-hybridized carbons (Fsp3) is 0.417. The molecule has 7 heteroatoms. The van der Waals surface area contributed by atoms with Crippen LogP contribution >= 0.6 is 0 Å². The van der Waals surface area contributed by atoms with E-state index in [1.54, 1.807) is 6.07 Å². The number of ether oxygens (including phenoxy) is 1. The average molecular weight is 274 g/mol. The van der Waals surface area contributed by atoms with Crippen molar-refractivity contribution < 1.29 is 22.7 Å². The molecule has 0 radical (unpaired) electrons. The Bertz CT molecular complexity index is 510. The number of carbonyl (C=O) groups excluding carboxylic acids is 1. The van der Waals surface area contributed by atoms with Gasteiger partial charge in [-0.15, -0.1) is 0 Å². The maximum absolute atomic E-state index is 12.8. The van der Waals surface area contributed by atoms with Gasteiger partial charge in [-0.2, -0.15) is 13.2 Å². The molecule has 0 saturated heterocycles. The van der Waals surface area contributed by atoms with Gasteiger partial charge in [-0.3, -0.25) is 4.79 Å². The van der Waals surface area contributed by atoms with E-state index in [1.165, 1.54) is 19.2 Å². The van der Waals surface area contributed by atoms with Gasteiger partial charge in [0.15, 0.2) is 0 Å². The normalized spacial score (nSPS) is 16.8. The summed E-state index contributed by atoms with van der Waals surface area (Å²) in [7, 11) is 1.32. The zero-order valence-corrected chi connectivity index (χ0v) is 10.2. The van der Waals surface area contributed by atoms with Gasteiger partial charge in [0.25, 0.3) is 5.91 Å². The van der Waals surface area contributed by atoms with Crippen LogP contribution < -0.4 is 15.8 Å². The fourth-order valence-electron chi connectivity index (χ4n) is 1.85. The van der Waals surface area contributed by atoms with Crippen LogP contribution in [0, 0.1) is 0 Å². The second-order valence-corrected chi connectivity index (χ2v) is 4.46. The molecular formula is C12H13F3N2O2. The minimum absolute atomic E-state index is 0.0690. The minimum atomic E-state index is -4.46. The molecule has 0 heterocycles. The van der Waals surface area contributed by atoms with E-state index < -0.39 is 17.6 Å². The molecule has 1 fully saturated rings. The number of nitrogen functional groups attached to an aromatic ring is 1. The van der Waals surface area contributed by atoms with Crippen molar-refractivity contribution in [1.29, 1.82) is 0 Å². The van der Waals surface area contributed by atoms with Gasteiger partial charge in [-0.05, 0) is 25.0 Å². The van der Waals surface area contributed by atoms with E-state index in [0.29, 0.717) is 0 Å². The Hall–Kier alpha value is -1.92. The van der Waals surface area contributed by atoms with Crippen LogP contribution in [0.15, 0.2) is 18.2 Å². The molecule has 0 unspecified atom stereocenters. The van der Waals surface area contributed by atoms with Gasteiger partial charge in [-0.1, -0.05) is 6.07 Å². The van der Waals surface area contributed by atoms with Crippen LogP contribution in [-0.2, 0) is 0 Å². The number of alkyl halides is 3. The van der Waals surface area contributed by atoms with E-state index in [4.69, 9.17) is 10.5 Å². The summed E-state index contributed by atoms with van der Waals surface area (Å²) in [4.78, 5) is 12.0. The molecule has 104 valence electrons. The lowest BCUT2D eigenvalue weighted by molar-refractivity contribution is -0.163. The van der Waals surface area contributed by atoms with Crippen molar-refractivity contribution in [3.05, 3.63) is 23.8 Å². The number of anilines is 1. The molecule has 1 aromatic rings. The first-order valence-electron chi connectivity index (χ1n) is 5.62. The first kappa shape index (κ1) is 13.5. The number of amides is 1. The molecule has 1 aromatic carbocycles. The summed E-state index contributed by atoms with van der Waals surface area (Å²) in [6, 6.07) is 4.46. The summed E-state index contributed by atoms with van der Waals surface area (Å²) in [5.41, 5.74) is 3.52. The van der Waals surface area contributed by atoms with Crippen LogP contribution in [0.2, 0.25) is 0 Å². The summed E-state index contributed by atoms with van der Waals surface area (Å²) < 4.78 is 43.3. The Balaban J connectivity index is 2.27. The monoisotopic (exact) mass is 274 g/mol. The molecule has 3 N–H and O–H groups in total. The number of hydrogen-bond donors (Lipinski definition) is 2. The van der Waals surface area contributed by atoms with E-state index in [1.807, 2.05) is 5.32 Å². The van der Waals surface area contributed by atoms with Crippen molar-refractivity contribution in [2.75, 3.05) is 12.8 Å². The molecule has 0 spiro atoms. The van der Waals surface area contributed by atoms with Crippen molar-refractivity contribution >= 4 is 11.6 Å². The highest BCUT2D eigenvalue weighted by molar-refractivity contribution is 6.02. The van der Waals surface area contributed by atoms with E-state index in [2.05, 4.69) is 0 Å². The average Bonchev–Trinajstić information content (AvgIpc) is 3.08. The van der Waals surface area contributed by atoms with Crippen LogP contribution in [-0.4, -0.2) is 24.7 Å². The minimum Gasteiger partial charge on any atom is -0.496 e. The number of methoxy groups -OCH3 is 1. The van der Waals surface area contributed by atoms with Gasteiger partial charge in [0.2, 0.25) is 0 Å². The van der Waals surface area contributed by atoms with Crippen LogP contribution in [0.5, 0.6) is 5.75 Å². The van der Waals surface area contributed by atoms with E-state index in [-0.39, 0.29) is 29.8 Å². The zero-order chi connectivity index (χ0) is 14.3. The predicted molar refractivity (Wildman–Crippen MR) is 62.9 cm³/mol. The number of nitrogens with one attached hydrogen (secondary N) is 1. The summed E-state index contributed by atoms with van der Waals surface area (Å²) >= 11 is 0. The first-order chi connectivity index (χ1) is 8.81. The lowest BCUT2D eigenvalue weighted by atomic mass is 10.1. The molecular weight excluding hydrogens is 261 g/mol. The standard InChI is InChI=1S/C12H13F3N2O2/c1-19-8-4-2-3-7(16)9(8)10(18)17-11(5-6-11)12(13,14)15/h2-4H,5-6,16H2,1H3,(H,17,18). The molecule has 1 saturated carbocycles. The Morgan fingerprint density at radius 2 is 2.05 bits per heavy atom. The highest BCUT2D eigenvalue weighted by Gasteiger charge is 2.64. The van der Waals surface area contributed by atoms with Crippen LogP contribution in [0.1, 0.15) is 23.2 Å². The third-order valence-corrected chi connectivity index (χ3v) is 3.15. The number of nitrogens with two attached hydrogens (primary N) is 1. The first-order valence-corrected chi connectivity index (χ1v) is 5.62. The van der Waals surface area contributed by atoms with Gasteiger partial charge in [0, 0.05) is 5.69 Å². The van der Waals surface area contributed by atoms with Crippen molar-refractivity contribution in [3.63, 3.8) is 0 Å². The zero-order valence-electron chi connectivity index (χ0n) is 10.2. The summed E-state index contributed by atoms with van der Waals surface area (Å²) in [5.74, 6) is -0.722. The van der Waals surface area contributed by atoms with Gasteiger partial charge >= 0.3 is 6.18 Å². The van der Waals surface area contributed by atoms with Crippen LogP contribution in [0.25, 0.3) is 0 Å². The molecule has 4 nitrogen and oxygen atoms in total. The van der Waals surface area contributed by atoms with Gasteiger partial charge in [0.1, 0.15) is 16.9 Å². The number of halogens is 3. The van der Waals surface area contributed by atoms with E-state index in [9.17, 15) is 18.0 Å². The maximum Gasteiger partial charge on any atom is 0.411 e. The Kier molecular flexibility index (Phi) is 3.07. The highest BCUT2D eigenvalue weighted by atomic mass is 19.4. The molecule has 19 heavy (non-hydrogen) atoms. The molecule has 0 aliphatic heterocycles. The van der Waals surface area contributed by atoms with Crippen molar-refractivity contribution in [1.82, 2.24) is 5.32 Å². The molecule has 0 atom stereocenters. The summed E-state index contributed by atoms with van der Waals surface area (Å²) in [6.07, 6.45) is -4.69. The lowest BCUT2D eigenvalue weighted by Crippen LogP contribution is -2.48. The van der Waals surface area contributed by atoms with Crippen molar-refractivity contribution in [2.24, 2.45) is 0 Å². The Morgan fingerprint density at radius 1 is 1.42 bits per heavy atom. The largest absolute Gasteiger partial charge is 0.496 e. The van der Waals surface area contributed by atoms with Gasteiger partial charge < -0.3 is 15.8 Å². The summed E-state index contributed by atoms with van der Waals surface area (Å²) in [6.45, 7) is 0. The quantitative estimate of drug-likeness (QED) is 0.830. The van der Waals surface area contributed by atoms with Crippen molar-refractivity contribution in [2.45, 2.75) is 24.6 Å². The van der Waals surface area contributed by atoms with Crippen LogP contribution in [0.4, 0.5) is 18.9 Å². The van der Waals surface area contributed by atoms with Gasteiger partial charge in [0.05, 0.1) is 7.11 Å². The topological polar surface area (TPSA) is 64.3 Å². The number of carbonyl (C=O) groups is 1. The summed E-state index contributed by atoms with van der Waals surface area (Å²) in [5, 5.41) is 2.02. The second-order valence-electron chi connectivity index (χ2n) is 4.46. The molecule has 1 aliphatic carbocycles. The van der Waals surface area contributed by atoms with E-state index >= 15 is 0 Å². The third-order valence-electron chi connectivity index (χ3n) is 3.15. The number of hydrogen-bond acceptors (Lipinski definition) is 3. The Labute approximate surface area is 107 Å². The highest BCUT2D eigenvalue weighted by Crippen LogP contribution is 2.49. The molecule has 2 rings (SSSR count). The molecule has 0 aromatic heterocycles. The number of benzene rings is 1. The third kappa shape index (κ3) is 2.32. The maximum atomic E-state index is 12.8. The lowest BCUT2D eigenvalue weighted by Gasteiger charge is -2.21. The number of rotatable bonds is 3. The van der Waals surface area contributed by atoms with Crippen LogP contribution in [0.3, 0.4) is 0 Å². The van der Waals surface area contributed by atoms with E-state index in [0.717, 1.165) is 0 Å². The molecule has 1 aliphatic rings. The van der Waals surface area contributed by atoms with Crippen molar-refractivity contribution in [3.8, 4) is 5.75 Å². The SMILES string of the molecule is COc1cccc(N)c1C(=O)NC1(C(F)(F)F)CC1. The molecule has 1 amide bonds. The predicted octanol–water partition coefficient (Wildman–Crippen LogP) is 2.10.